The first-order valence-corrected chi connectivity index (χ1v) is 4.17. The second-order valence-corrected chi connectivity index (χ2v) is 3.05. The van der Waals surface area contributed by atoms with E-state index in [1.807, 2.05) is 18.2 Å². The highest BCUT2D eigenvalue weighted by atomic mass is 16.3. The maximum Gasteiger partial charge on any atom is 0.190 e. The Morgan fingerprint density at radius 2 is 2.00 bits per heavy atom. The van der Waals surface area contributed by atoms with Crippen molar-refractivity contribution in [1.29, 1.82) is 0 Å². The average Bonchev–Trinajstić information content (AvgIpc) is 2.53. The molecule has 0 atom stereocenters. The molecule has 2 aromatic rings. The minimum atomic E-state index is 0.457. The van der Waals surface area contributed by atoms with E-state index in [2.05, 4.69) is 19.1 Å². The molecular weight excluding hydrogens is 162 g/mol. The first-order chi connectivity index (χ1) is 6.27. The summed E-state index contributed by atoms with van der Waals surface area (Å²) < 4.78 is 5.05. The minimum absolute atomic E-state index is 0.457. The lowest BCUT2D eigenvalue weighted by Crippen LogP contribution is -1.80. The topological polar surface area (TPSA) is 39.2 Å². The van der Waals surface area contributed by atoms with Gasteiger partial charge in [0.15, 0.2) is 5.88 Å². The quantitative estimate of drug-likeness (QED) is 0.720. The summed E-state index contributed by atoms with van der Waals surface area (Å²) in [6, 6.07) is 9.98. The van der Waals surface area contributed by atoms with Crippen molar-refractivity contribution in [3.05, 3.63) is 42.2 Å². The summed E-state index contributed by atoms with van der Waals surface area (Å²) in [4.78, 5) is 0. The molecule has 0 aliphatic heterocycles. The summed E-state index contributed by atoms with van der Waals surface area (Å²) in [5.41, 5.74) is 8.93. The molecular formula is C11H11NO. The van der Waals surface area contributed by atoms with Gasteiger partial charge in [-0.3, -0.25) is 0 Å². The highest BCUT2D eigenvalue weighted by Crippen LogP contribution is 2.25. The number of nitrogens with two attached hydrogens (primary N) is 1. The molecule has 0 unspecified atom stereocenters. The van der Waals surface area contributed by atoms with Gasteiger partial charge in [-0.25, -0.2) is 0 Å². The van der Waals surface area contributed by atoms with Gasteiger partial charge in [0.25, 0.3) is 0 Å². The van der Waals surface area contributed by atoms with E-state index < -0.39 is 0 Å². The van der Waals surface area contributed by atoms with E-state index >= 15 is 0 Å². The number of rotatable bonds is 1. The summed E-state index contributed by atoms with van der Waals surface area (Å²) in [6.07, 6.45) is 1.68. The first-order valence-electron chi connectivity index (χ1n) is 4.17. The molecule has 1 aromatic heterocycles. The van der Waals surface area contributed by atoms with Crippen molar-refractivity contribution in [2.45, 2.75) is 6.92 Å². The molecule has 0 amide bonds. The van der Waals surface area contributed by atoms with Gasteiger partial charge in [0.05, 0.1) is 0 Å². The molecule has 13 heavy (non-hydrogen) atoms. The van der Waals surface area contributed by atoms with Crippen LogP contribution >= 0.6 is 0 Å². The first kappa shape index (κ1) is 7.92. The van der Waals surface area contributed by atoms with Crippen molar-refractivity contribution >= 4 is 5.88 Å². The second-order valence-electron chi connectivity index (χ2n) is 3.05. The van der Waals surface area contributed by atoms with Gasteiger partial charge in [-0.05, 0) is 18.1 Å². The molecule has 0 saturated carbocycles. The molecule has 0 bridgehead atoms. The zero-order chi connectivity index (χ0) is 9.26. The van der Waals surface area contributed by atoms with Gasteiger partial charge in [-0.2, -0.15) is 0 Å². The van der Waals surface area contributed by atoms with Crippen LogP contribution in [0.15, 0.2) is 41.0 Å². The lowest BCUT2D eigenvalue weighted by Gasteiger charge is -2.00. The third-order valence-corrected chi connectivity index (χ3v) is 2.08. The number of nitrogen functional groups attached to an aromatic ring is 1. The minimum Gasteiger partial charge on any atom is -0.449 e. The molecule has 0 spiro atoms. The third-order valence-electron chi connectivity index (χ3n) is 2.08. The summed E-state index contributed by atoms with van der Waals surface area (Å²) >= 11 is 0. The highest BCUT2D eigenvalue weighted by molar-refractivity contribution is 5.68. The van der Waals surface area contributed by atoms with Crippen LogP contribution in [0.5, 0.6) is 0 Å². The smallest absolute Gasteiger partial charge is 0.190 e. The molecule has 0 fully saturated rings. The van der Waals surface area contributed by atoms with Crippen LogP contribution in [0, 0.1) is 6.92 Å². The Labute approximate surface area is 77.0 Å². The fourth-order valence-corrected chi connectivity index (χ4v) is 1.39. The van der Waals surface area contributed by atoms with E-state index in [-0.39, 0.29) is 0 Å². The number of anilines is 1. The number of hydrogen-bond donors (Lipinski definition) is 1. The van der Waals surface area contributed by atoms with E-state index in [0.717, 1.165) is 5.56 Å². The van der Waals surface area contributed by atoms with Crippen LogP contribution in [0.1, 0.15) is 5.56 Å². The van der Waals surface area contributed by atoms with Gasteiger partial charge in [0.2, 0.25) is 0 Å². The lowest BCUT2D eigenvalue weighted by atomic mass is 10.0. The third kappa shape index (κ3) is 1.43. The fraction of sp³-hybridized carbons (Fsp3) is 0.0909. The number of hydrogen-bond acceptors (Lipinski definition) is 2. The molecule has 0 radical (unpaired) electrons. The van der Waals surface area contributed by atoms with Crippen LogP contribution in [0.2, 0.25) is 0 Å². The Bertz CT molecular complexity index is 418. The standard InChI is InChI=1S/C11H11NO/c1-8-4-2-3-5-10(8)9-6-11(12)13-7-9/h2-7H,12H2,1H3. The van der Waals surface area contributed by atoms with Gasteiger partial charge in [0.1, 0.15) is 6.26 Å². The summed E-state index contributed by atoms with van der Waals surface area (Å²) in [5.74, 6) is 0.457. The van der Waals surface area contributed by atoms with E-state index in [4.69, 9.17) is 10.2 Å². The maximum absolute atomic E-state index is 5.50. The molecule has 0 aliphatic rings. The van der Waals surface area contributed by atoms with Crippen molar-refractivity contribution in [3.63, 3.8) is 0 Å². The predicted molar refractivity (Wildman–Crippen MR) is 53.3 cm³/mol. The fourth-order valence-electron chi connectivity index (χ4n) is 1.39. The van der Waals surface area contributed by atoms with E-state index in [1.54, 1.807) is 6.26 Å². The van der Waals surface area contributed by atoms with Crippen molar-refractivity contribution < 1.29 is 4.42 Å². The average molecular weight is 173 g/mol. The van der Waals surface area contributed by atoms with Crippen molar-refractivity contribution in [3.8, 4) is 11.1 Å². The van der Waals surface area contributed by atoms with E-state index in [0.29, 0.717) is 5.88 Å². The SMILES string of the molecule is Cc1ccccc1-c1coc(N)c1. The van der Waals surface area contributed by atoms with Crippen LogP contribution in [-0.2, 0) is 0 Å². The van der Waals surface area contributed by atoms with E-state index in [9.17, 15) is 0 Å². The molecule has 66 valence electrons. The monoisotopic (exact) mass is 173 g/mol. The van der Waals surface area contributed by atoms with E-state index in [1.165, 1.54) is 11.1 Å². The molecule has 1 aromatic carbocycles. The molecule has 0 aliphatic carbocycles. The van der Waals surface area contributed by atoms with Gasteiger partial charge in [-0.1, -0.05) is 24.3 Å². The number of aryl methyl sites for hydroxylation is 1. The zero-order valence-electron chi connectivity index (χ0n) is 7.45. The van der Waals surface area contributed by atoms with Crippen LogP contribution in [0.4, 0.5) is 5.88 Å². The Hall–Kier alpha value is -1.70. The number of benzene rings is 1. The van der Waals surface area contributed by atoms with Gasteiger partial charge >= 0.3 is 0 Å². The highest BCUT2D eigenvalue weighted by Gasteiger charge is 2.03. The Kier molecular flexibility index (Phi) is 1.81. The normalized spacial score (nSPS) is 10.2. The molecule has 2 nitrogen and oxygen atoms in total. The molecule has 0 saturated heterocycles. The maximum atomic E-state index is 5.50. The Morgan fingerprint density at radius 3 is 2.62 bits per heavy atom. The Morgan fingerprint density at radius 1 is 1.23 bits per heavy atom. The summed E-state index contributed by atoms with van der Waals surface area (Å²) in [5, 5.41) is 0. The lowest BCUT2D eigenvalue weighted by molar-refractivity contribution is 0.588. The zero-order valence-corrected chi connectivity index (χ0v) is 7.45. The van der Waals surface area contributed by atoms with Crippen LogP contribution in [-0.4, -0.2) is 0 Å². The molecule has 1 heterocycles. The largest absolute Gasteiger partial charge is 0.449 e. The van der Waals surface area contributed by atoms with Crippen molar-refractivity contribution in [1.82, 2.24) is 0 Å². The van der Waals surface area contributed by atoms with Gasteiger partial charge in [0, 0.05) is 11.6 Å². The Balaban J connectivity index is 2.52. The summed E-state index contributed by atoms with van der Waals surface area (Å²) in [6.45, 7) is 2.07. The summed E-state index contributed by atoms with van der Waals surface area (Å²) in [7, 11) is 0. The van der Waals surface area contributed by atoms with Crippen molar-refractivity contribution in [2.24, 2.45) is 0 Å². The second kappa shape index (κ2) is 2.98. The molecule has 2 heteroatoms. The van der Waals surface area contributed by atoms with Crippen LogP contribution < -0.4 is 5.73 Å². The van der Waals surface area contributed by atoms with Crippen LogP contribution in [0.3, 0.4) is 0 Å². The molecule has 2 N–H and O–H groups in total. The van der Waals surface area contributed by atoms with Gasteiger partial charge in [-0.15, -0.1) is 0 Å². The van der Waals surface area contributed by atoms with Crippen LogP contribution in [0.25, 0.3) is 11.1 Å². The van der Waals surface area contributed by atoms with Gasteiger partial charge < -0.3 is 10.2 Å². The number of furan rings is 1. The predicted octanol–water partition coefficient (Wildman–Crippen LogP) is 2.84. The molecule has 2 rings (SSSR count). The van der Waals surface area contributed by atoms with Crippen molar-refractivity contribution in [2.75, 3.05) is 5.73 Å².